The highest BCUT2D eigenvalue weighted by molar-refractivity contribution is 9.10. The molecule has 0 spiro atoms. The summed E-state index contributed by atoms with van der Waals surface area (Å²) < 4.78 is 16.8. The number of ether oxygens (including phenoxy) is 3. The average molecular weight is 400 g/mol. The van der Waals surface area contributed by atoms with E-state index in [9.17, 15) is 4.79 Å². The van der Waals surface area contributed by atoms with Crippen LogP contribution in [-0.2, 0) is 11.3 Å². The lowest BCUT2D eigenvalue weighted by Crippen LogP contribution is -2.05. The first-order chi connectivity index (χ1) is 11.1. The van der Waals surface area contributed by atoms with Gasteiger partial charge in [-0.05, 0) is 41.1 Å². The Morgan fingerprint density at radius 2 is 1.96 bits per heavy atom. The third-order valence-electron chi connectivity index (χ3n) is 3.06. The van der Waals surface area contributed by atoms with Gasteiger partial charge in [0.25, 0.3) is 0 Å². The number of hydrogen-bond acceptors (Lipinski definition) is 4. The van der Waals surface area contributed by atoms with Crippen LogP contribution in [0.2, 0.25) is 5.02 Å². The van der Waals surface area contributed by atoms with Gasteiger partial charge in [-0.15, -0.1) is 0 Å². The fourth-order valence-electron chi connectivity index (χ4n) is 1.97. The molecule has 0 saturated carbocycles. The number of esters is 1. The van der Waals surface area contributed by atoms with Crippen LogP contribution in [0.15, 0.2) is 40.9 Å². The molecule has 122 valence electrons. The van der Waals surface area contributed by atoms with Crippen molar-refractivity contribution in [3.8, 4) is 11.5 Å². The van der Waals surface area contributed by atoms with Crippen LogP contribution in [0.5, 0.6) is 11.5 Å². The highest BCUT2D eigenvalue weighted by atomic mass is 79.9. The van der Waals surface area contributed by atoms with Crippen LogP contribution in [-0.4, -0.2) is 19.7 Å². The van der Waals surface area contributed by atoms with E-state index in [1.54, 1.807) is 18.2 Å². The molecule has 0 radical (unpaired) electrons. The van der Waals surface area contributed by atoms with Gasteiger partial charge in [0, 0.05) is 10.6 Å². The third kappa shape index (κ3) is 4.39. The summed E-state index contributed by atoms with van der Waals surface area (Å²) >= 11 is 9.54. The van der Waals surface area contributed by atoms with E-state index in [4.69, 9.17) is 25.8 Å². The van der Waals surface area contributed by atoms with Gasteiger partial charge in [-0.1, -0.05) is 29.8 Å². The average Bonchev–Trinajstić information content (AvgIpc) is 2.55. The molecule has 2 rings (SSSR count). The third-order valence-corrected chi connectivity index (χ3v) is 4.02. The largest absolute Gasteiger partial charge is 0.490 e. The summed E-state index contributed by atoms with van der Waals surface area (Å²) in [7, 11) is 1.33. The molecule has 0 aliphatic rings. The van der Waals surface area contributed by atoms with Crippen molar-refractivity contribution in [2.75, 3.05) is 13.7 Å². The number of halogens is 2. The Labute approximate surface area is 148 Å². The van der Waals surface area contributed by atoms with E-state index < -0.39 is 5.97 Å². The maximum absolute atomic E-state index is 11.7. The number of carbonyl (C=O) groups excluding carboxylic acids is 1. The monoisotopic (exact) mass is 398 g/mol. The minimum atomic E-state index is -0.440. The van der Waals surface area contributed by atoms with Gasteiger partial charge in [-0.25, -0.2) is 4.79 Å². The number of carbonyl (C=O) groups is 1. The van der Waals surface area contributed by atoms with E-state index in [0.29, 0.717) is 33.2 Å². The summed E-state index contributed by atoms with van der Waals surface area (Å²) in [4.78, 5) is 11.7. The van der Waals surface area contributed by atoms with Gasteiger partial charge in [0.05, 0.1) is 23.8 Å². The molecule has 0 saturated heterocycles. The fraction of sp³-hybridized carbons (Fsp3) is 0.235. The molecule has 0 amide bonds. The van der Waals surface area contributed by atoms with Gasteiger partial charge in [0.2, 0.25) is 0 Å². The molecular formula is C17H16BrClO4. The Balaban J connectivity index is 2.29. The molecule has 0 aliphatic heterocycles. The summed E-state index contributed by atoms with van der Waals surface area (Å²) in [5.74, 6) is 0.540. The number of hydrogen-bond donors (Lipinski definition) is 0. The minimum absolute atomic E-state index is 0.288. The van der Waals surface area contributed by atoms with Crippen molar-refractivity contribution in [2.24, 2.45) is 0 Å². The molecule has 2 aromatic rings. The van der Waals surface area contributed by atoms with Crippen molar-refractivity contribution < 1.29 is 19.0 Å². The first-order valence-corrected chi connectivity index (χ1v) is 8.14. The Hall–Kier alpha value is -1.72. The van der Waals surface area contributed by atoms with Gasteiger partial charge in [-0.2, -0.15) is 0 Å². The second kappa shape index (κ2) is 8.22. The van der Waals surface area contributed by atoms with Crippen molar-refractivity contribution in [3.63, 3.8) is 0 Å². The SMILES string of the molecule is CCOc1cc(C(=O)OC)cc(Br)c1OCc1ccccc1Cl. The van der Waals surface area contributed by atoms with E-state index in [-0.39, 0.29) is 6.61 Å². The highest BCUT2D eigenvalue weighted by Crippen LogP contribution is 2.38. The van der Waals surface area contributed by atoms with Gasteiger partial charge in [0.1, 0.15) is 6.61 Å². The second-order valence-electron chi connectivity index (χ2n) is 4.59. The van der Waals surface area contributed by atoms with E-state index in [2.05, 4.69) is 15.9 Å². The topological polar surface area (TPSA) is 44.8 Å². The molecule has 0 heterocycles. The molecular weight excluding hydrogens is 384 g/mol. The van der Waals surface area contributed by atoms with Crippen LogP contribution in [0.25, 0.3) is 0 Å². The normalized spacial score (nSPS) is 10.3. The molecule has 0 N–H and O–H groups in total. The zero-order valence-corrected chi connectivity index (χ0v) is 15.1. The summed E-state index contributed by atoms with van der Waals surface area (Å²) in [5.41, 5.74) is 1.24. The van der Waals surface area contributed by atoms with Crippen LogP contribution in [0.4, 0.5) is 0 Å². The summed E-state index contributed by atoms with van der Waals surface area (Å²) in [6, 6.07) is 10.7. The lowest BCUT2D eigenvalue weighted by atomic mass is 10.2. The molecule has 4 nitrogen and oxygen atoms in total. The van der Waals surface area contributed by atoms with Gasteiger partial charge >= 0.3 is 5.97 Å². The van der Waals surface area contributed by atoms with E-state index >= 15 is 0 Å². The van der Waals surface area contributed by atoms with Gasteiger partial charge in [0.15, 0.2) is 11.5 Å². The van der Waals surface area contributed by atoms with Crippen LogP contribution in [0.1, 0.15) is 22.8 Å². The molecule has 2 aromatic carbocycles. The van der Waals surface area contributed by atoms with Crippen LogP contribution in [0, 0.1) is 0 Å². The highest BCUT2D eigenvalue weighted by Gasteiger charge is 2.16. The quantitative estimate of drug-likeness (QED) is 0.650. The molecule has 0 bridgehead atoms. The van der Waals surface area contributed by atoms with Crippen LogP contribution >= 0.6 is 27.5 Å². The van der Waals surface area contributed by atoms with Crippen molar-refractivity contribution in [1.82, 2.24) is 0 Å². The molecule has 0 atom stereocenters. The van der Waals surface area contributed by atoms with E-state index in [0.717, 1.165) is 5.56 Å². The Morgan fingerprint density at radius 3 is 2.61 bits per heavy atom. The molecule has 0 aromatic heterocycles. The van der Waals surface area contributed by atoms with Gasteiger partial charge < -0.3 is 14.2 Å². The molecule has 0 fully saturated rings. The Bertz CT molecular complexity index is 703. The lowest BCUT2D eigenvalue weighted by molar-refractivity contribution is 0.0600. The number of benzene rings is 2. The standard InChI is InChI=1S/C17H16BrClO4/c1-3-22-15-9-12(17(20)21-2)8-13(18)16(15)23-10-11-6-4-5-7-14(11)19/h4-9H,3,10H2,1-2H3. The predicted octanol–water partition coefficient (Wildman–Crippen LogP) is 4.87. The van der Waals surface area contributed by atoms with Crippen molar-refractivity contribution in [1.29, 1.82) is 0 Å². The molecule has 6 heteroatoms. The van der Waals surface area contributed by atoms with E-state index in [1.807, 2.05) is 25.1 Å². The second-order valence-corrected chi connectivity index (χ2v) is 5.85. The van der Waals surface area contributed by atoms with E-state index in [1.165, 1.54) is 7.11 Å². The van der Waals surface area contributed by atoms with Crippen LogP contribution < -0.4 is 9.47 Å². The predicted molar refractivity (Wildman–Crippen MR) is 92.4 cm³/mol. The number of rotatable bonds is 6. The smallest absolute Gasteiger partial charge is 0.338 e. The van der Waals surface area contributed by atoms with Crippen molar-refractivity contribution in [3.05, 3.63) is 57.0 Å². The summed E-state index contributed by atoms with van der Waals surface area (Å²) in [6.07, 6.45) is 0. The maximum atomic E-state index is 11.7. The molecule has 23 heavy (non-hydrogen) atoms. The minimum Gasteiger partial charge on any atom is -0.490 e. The lowest BCUT2D eigenvalue weighted by Gasteiger charge is -2.15. The fourth-order valence-corrected chi connectivity index (χ4v) is 2.72. The molecule has 0 aliphatic carbocycles. The zero-order valence-electron chi connectivity index (χ0n) is 12.8. The van der Waals surface area contributed by atoms with Gasteiger partial charge in [-0.3, -0.25) is 0 Å². The zero-order chi connectivity index (χ0) is 16.8. The Morgan fingerprint density at radius 1 is 1.22 bits per heavy atom. The summed E-state index contributed by atoms with van der Waals surface area (Å²) in [5, 5.41) is 0.632. The first kappa shape index (κ1) is 17.6. The first-order valence-electron chi connectivity index (χ1n) is 6.97. The maximum Gasteiger partial charge on any atom is 0.338 e. The van der Waals surface area contributed by atoms with Crippen molar-refractivity contribution in [2.45, 2.75) is 13.5 Å². The van der Waals surface area contributed by atoms with Crippen molar-refractivity contribution >= 4 is 33.5 Å². The number of methoxy groups -OCH3 is 1. The summed E-state index contributed by atoms with van der Waals surface area (Å²) in [6.45, 7) is 2.59. The molecule has 0 unspecified atom stereocenters. The van der Waals surface area contributed by atoms with Crippen LogP contribution in [0.3, 0.4) is 0 Å². The Kier molecular flexibility index (Phi) is 6.30.